The normalized spacial score (nSPS) is 16.1. The average molecular weight is 331 g/mol. The molecule has 0 fully saturated rings. The quantitative estimate of drug-likeness (QED) is 0.815. The molecular weight excluding hydrogens is 310 g/mol. The Morgan fingerprint density at radius 3 is 2.87 bits per heavy atom. The van der Waals surface area contributed by atoms with Crippen LogP contribution in [0.5, 0.6) is 11.5 Å². The molecule has 5 heteroatoms. The number of carbonyl (C=O) groups is 1. The van der Waals surface area contributed by atoms with Crippen molar-refractivity contribution in [3.05, 3.63) is 46.7 Å². The summed E-state index contributed by atoms with van der Waals surface area (Å²) in [5.41, 5.74) is 1.23. The molecule has 1 aromatic carbocycles. The minimum absolute atomic E-state index is 0.116. The molecular formula is C18H21NO3S. The van der Waals surface area contributed by atoms with E-state index in [0.717, 1.165) is 17.9 Å². The van der Waals surface area contributed by atoms with Crippen LogP contribution in [0.4, 0.5) is 0 Å². The van der Waals surface area contributed by atoms with E-state index in [9.17, 15) is 4.79 Å². The van der Waals surface area contributed by atoms with Gasteiger partial charge < -0.3 is 14.4 Å². The van der Waals surface area contributed by atoms with Crippen molar-refractivity contribution in [2.24, 2.45) is 0 Å². The van der Waals surface area contributed by atoms with Gasteiger partial charge in [0, 0.05) is 13.0 Å². The second kappa shape index (κ2) is 7.51. The van der Waals surface area contributed by atoms with Crippen LogP contribution < -0.4 is 9.47 Å². The van der Waals surface area contributed by atoms with Gasteiger partial charge >= 0.3 is 0 Å². The van der Waals surface area contributed by atoms with Crippen LogP contribution in [0.25, 0.3) is 0 Å². The van der Waals surface area contributed by atoms with E-state index in [1.807, 2.05) is 41.5 Å². The van der Waals surface area contributed by atoms with Gasteiger partial charge in [0.15, 0.2) is 17.6 Å². The fourth-order valence-corrected chi connectivity index (χ4v) is 3.35. The van der Waals surface area contributed by atoms with Crippen LogP contribution in [-0.2, 0) is 11.2 Å². The van der Waals surface area contributed by atoms with Crippen LogP contribution in [0.3, 0.4) is 0 Å². The molecule has 0 aliphatic carbocycles. The number of nitrogens with zero attached hydrogens (tertiary/aromatic N) is 1. The lowest BCUT2D eigenvalue weighted by Crippen LogP contribution is -2.43. The summed E-state index contributed by atoms with van der Waals surface area (Å²) < 4.78 is 11.7. The minimum atomic E-state index is -0.116. The third-order valence-electron chi connectivity index (χ3n) is 3.93. The first-order valence-corrected chi connectivity index (χ1v) is 8.88. The number of thiophene rings is 1. The molecule has 1 atom stereocenters. The Morgan fingerprint density at radius 1 is 1.30 bits per heavy atom. The number of amides is 1. The highest BCUT2D eigenvalue weighted by atomic mass is 32.1. The molecule has 1 aromatic heterocycles. The number of aryl methyl sites for hydroxylation is 1. The molecule has 2 aromatic rings. The number of benzene rings is 1. The van der Waals surface area contributed by atoms with Gasteiger partial charge in [-0.3, -0.25) is 4.79 Å². The monoisotopic (exact) mass is 331 g/mol. The van der Waals surface area contributed by atoms with E-state index >= 15 is 0 Å². The minimum Gasteiger partial charge on any atom is -0.486 e. The lowest BCUT2D eigenvalue weighted by Gasteiger charge is -2.31. The van der Waals surface area contributed by atoms with Crippen molar-refractivity contribution < 1.29 is 14.3 Å². The van der Waals surface area contributed by atoms with E-state index in [4.69, 9.17) is 9.47 Å². The Bertz CT molecular complexity index is 641. The average Bonchev–Trinajstić information content (AvgIpc) is 3.11. The summed E-state index contributed by atoms with van der Waals surface area (Å²) in [6.07, 6.45) is 1.22. The summed E-state index contributed by atoms with van der Waals surface area (Å²) in [7, 11) is 0. The number of carbonyl (C=O) groups excluding carboxylic acids is 1. The Balaban J connectivity index is 1.54. The maximum Gasteiger partial charge on any atom is 0.223 e. The maximum atomic E-state index is 12.4. The molecule has 1 amide bonds. The molecule has 3 rings (SSSR count). The largest absolute Gasteiger partial charge is 0.486 e. The first-order chi connectivity index (χ1) is 11.3. The number of rotatable bonds is 6. The van der Waals surface area contributed by atoms with Gasteiger partial charge in [0.2, 0.25) is 5.91 Å². The van der Waals surface area contributed by atoms with Crippen LogP contribution in [0, 0.1) is 0 Å². The third-order valence-corrected chi connectivity index (χ3v) is 4.67. The van der Waals surface area contributed by atoms with E-state index in [-0.39, 0.29) is 12.0 Å². The van der Waals surface area contributed by atoms with Crippen LogP contribution in [0.2, 0.25) is 0 Å². The molecule has 2 heterocycles. The number of para-hydroxylation sites is 2. The molecule has 0 N–H and O–H groups in total. The Hall–Kier alpha value is -2.01. The first-order valence-electron chi connectivity index (χ1n) is 7.93. The first kappa shape index (κ1) is 15.9. The number of hydrogen-bond donors (Lipinski definition) is 0. The summed E-state index contributed by atoms with van der Waals surface area (Å²) in [4.78, 5) is 14.3. The van der Waals surface area contributed by atoms with Crippen LogP contribution >= 0.6 is 11.3 Å². The Labute approximate surface area is 140 Å². The second-order valence-corrected chi connectivity index (χ2v) is 6.34. The van der Waals surface area contributed by atoms with Crippen molar-refractivity contribution in [1.82, 2.24) is 4.90 Å². The van der Waals surface area contributed by atoms with Crippen molar-refractivity contribution >= 4 is 17.2 Å². The van der Waals surface area contributed by atoms with E-state index < -0.39 is 0 Å². The molecule has 0 spiro atoms. The number of ether oxygens (including phenoxy) is 2. The van der Waals surface area contributed by atoms with Gasteiger partial charge in [-0.15, -0.1) is 0 Å². The predicted molar refractivity (Wildman–Crippen MR) is 91.2 cm³/mol. The van der Waals surface area contributed by atoms with Crippen molar-refractivity contribution in [1.29, 1.82) is 0 Å². The van der Waals surface area contributed by atoms with Gasteiger partial charge in [-0.05, 0) is 47.9 Å². The zero-order valence-electron chi connectivity index (χ0n) is 13.2. The van der Waals surface area contributed by atoms with Gasteiger partial charge in [0.05, 0.1) is 6.54 Å². The highest BCUT2D eigenvalue weighted by Crippen LogP contribution is 2.31. The summed E-state index contributed by atoms with van der Waals surface area (Å²) in [5, 5.41) is 4.14. The number of hydrogen-bond acceptors (Lipinski definition) is 4. The van der Waals surface area contributed by atoms with Gasteiger partial charge in [-0.2, -0.15) is 11.3 Å². The van der Waals surface area contributed by atoms with Gasteiger partial charge in [-0.25, -0.2) is 0 Å². The van der Waals surface area contributed by atoms with Gasteiger partial charge in [0.1, 0.15) is 6.61 Å². The smallest absolute Gasteiger partial charge is 0.223 e. The predicted octanol–water partition coefficient (Wildman–Crippen LogP) is 3.37. The molecule has 1 aliphatic heterocycles. The van der Waals surface area contributed by atoms with Crippen LogP contribution in [0.1, 0.15) is 18.9 Å². The highest BCUT2D eigenvalue weighted by Gasteiger charge is 2.24. The van der Waals surface area contributed by atoms with Crippen molar-refractivity contribution in [3.63, 3.8) is 0 Å². The van der Waals surface area contributed by atoms with Crippen molar-refractivity contribution in [2.75, 3.05) is 19.7 Å². The topological polar surface area (TPSA) is 38.8 Å². The zero-order chi connectivity index (χ0) is 16.1. The zero-order valence-corrected chi connectivity index (χ0v) is 14.1. The maximum absolute atomic E-state index is 12.4. The van der Waals surface area contributed by atoms with Crippen LogP contribution in [-0.4, -0.2) is 36.6 Å². The van der Waals surface area contributed by atoms with Crippen molar-refractivity contribution in [2.45, 2.75) is 25.9 Å². The molecule has 4 nitrogen and oxygen atoms in total. The fourth-order valence-electron chi connectivity index (χ4n) is 2.65. The van der Waals surface area contributed by atoms with E-state index in [0.29, 0.717) is 26.1 Å². The SMILES string of the molecule is CCN(C[C@@H]1COc2ccccc2O1)C(=O)CCc1ccsc1. The third kappa shape index (κ3) is 4.05. The van der Waals surface area contributed by atoms with E-state index in [1.165, 1.54) is 5.56 Å². The molecule has 0 unspecified atom stereocenters. The summed E-state index contributed by atoms with van der Waals surface area (Å²) in [6, 6.07) is 9.72. The number of likely N-dealkylation sites (N-methyl/N-ethyl adjacent to an activating group) is 1. The van der Waals surface area contributed by atoms with Gasteiger partial charge in [0.25, 0.3) is 0 Å². The molecule has 1 aliphatic rings. The molecule has 0 saturated heterocycles. The summed E-state index contributed by atoms with van der Waals surface area (Å²) in [6.45, 7) is 3.72. The van der Waals surface area contributed by atoms with Crippen molar-refractivity contribution in [3.8, 4) is 11.5 Å². The number of fused-ring (bicyclic) bond motifs is 1. The highest BCUT2D eigenvalue weighted by molar-refractivity contribution is 7.07. The molecule has 0 radical (unpaired) electrons. The molecule has 0 bridgehead atoms. The summed E-state index contributed by atoms with van der Waals surface area (Å²) in [5.74, 6) is 1.70. The lowest BCUT2D eigenvalue weighted by atomic mass is 10.1. The van der Waals surface area contributed by atoms with Crippen LogP contribution in [0.15, 0.2) is 41.1 Å². The fraction of sp³-hybridized carbons (Fsp3) is 0.389. The molecule has 122 valence electrons. The standard InChI is InChI=1S/C18H21NO3S/c1-2-19(18(20)8-7-14-9-10-23-13-14)11-15-12-21-16-5-3-4-6-17(16)22-15/h3-6,9-10,13,15H,2,7-8,11-12H2,1H3/t15-/m1/s1. The lowest BCUT2D eigenvalue weighted by molar-refractivity contribution is -0.132. The summed E-state index contributed by atoms with van der Waals surface area (Å²) >= 11 is 1.67. The Morgan fingerprint density at radius 2 is 2.13 bits per heavy atom. The second-order valence-electron chi connectivity index (χ2n) is 5.56. The molecule has 0 saturated carbocycles. The van der Waals surface area contributed by atoms with Gasteiger partial charge in [-0.1, -0.05) is 12.1 Å². The molecule has 23 heavy (non-hydrogen) atoms. The van der Waals surface area contributed by atoms with E-state index in [1.54, 1.807) is 11.3 Å². The Kier molecular flexibility index (Phi) is 5.18. The van der Waals surface area contributed by atoms with E-state index in [2.05, 4.69) is 11.4 Å².